The molecular weight excluding hydrogens is 722 g/mol. The smallest absolute Gasteiger partial charge is 0.322 e. The van der Waals surface area contributed by atoms with E-state index in [0.717, 1.165) is 24.3 Å². The Morgan fingerprint density at radius 3 is 1.00 bits per heavy atom. The highest BCUT2D eigenvalue weighted by Crippen LogP contribution is 2.35. The number of nitrogens with zero attached hydrogens (tertiary/aromatic N) is 2. The standard InChI is InChI=1S/C30H20F6N4O8S2/c31-29(32,33)49(45,46)39(23-15-11-21(12-16-23)37-25(41)19-7-3-1-4-8-19)27(43)28(44)40(50(47,48)30(34,35)36)24-17-13-22(14-18-24)38-26(42)20-9-5-2-6-10-20/h1-18H,(H,37,41)(H,38,42). The second-order valence-electron chi connectivity index (χ2n) is 9.77. The van der Waals surface area contributed by atoms with Gasteiger partial charge < -0.3 is 10.6 Å². The van der Waals surface area contributed by atoms with Gasteiger partial charge in [-0.2, -0.15) is 51.8 Å². The van der Waals surface area contributed by atoms with Gasteiger partial charge in [-0.15, -0.1) is 0 Å². The van der Waals surface area contributed by atoms with E-state index in [1.165, 1.54) is 48.5 Å². The van der Waals surface area contributed by atoms with Gasteiger partial charge in [0, 0.05) is 22.5 Å². The molecule has 4 aromatic carbocycles. The molecule has 0 fully saturated rings. The SMILES string of the molecule is O=C(Nc1ccc(N(C(=O)C(=O)N(c2ccc(NC(=O)c3ccccc3)cc2)S(=O)(=O)C(F)(F)F)S(=O)(=O)C(F)(F)F)cc1)c1ccccc1. The highest BCUT2D eigenvalue weighted by Gasteiger charge is 2.58. The van der Waals surface area contributed by atoms with Crippen molar-refractivity contribution in [1.29, 1.82) is 0 Å². The minimum absolute atomic E-state index is 0.135. The molecule has 2 N–H and O–H groups in total. The first kappa shape index (κ1) is 37.1. The number of sulfonamides is 2. The van der Waals surface area contributed by atoms with E-state index >= 15 is 0 Å². The van der Waals surface area contributed by atoms with Gasteiger partial charge in [-0.3, -0.25) is 19.2 Å². The van der Waals surface area contributed by atoms with E-state index in [-0.39, 0.29) is 22.5 Å². The first-order valence-electron chi connectivity index (χ1n) is 13.5. The molecule has 4 rings (SSSR count). The molecule has 0 atom stereocenters. The van der Waals surface area contributed by atoms with Gasteiger partial charge >= 0.3 is 42.9 Å². The Morgan fingerprint density at radius 1 is 0.460 bits per heavy atom. The molecule has 0 saturated heterocycles. The summed E-state index contributed by atoms with van der Waals surface area (Å²) in [5, 5.41) is 4.65. The molecule has 0 aliphatic rings. The van der Waals surface area contributed by atoms with E-state index in [9.17, 15) is 62.4 Å². The predicted molar refractivity (Wildman–Crippen MR) is 167 cm³/mol. The topological polar surface area (TPSA) is 167 Å². The van der Waals surface area contributed by atoms with Gasteiger partial charge in [0.1, 0.15) is 0 Å². The molecule has 0 spiro atoms. The maximum Gasteiger partial charge on any atom is 0.517 e. The molecule has 0 unspecified atom stereocenters. The van der Waals surface area contributed by atoms with Crippen molar-refractivity contribution >= 4 is 66.4 Å². The van der Waals surface area contributed by atoms with Gasteiger partial charge in [-0.1, -0.05) is 36.4 Å². The number of alkyl halides is 6. The quantitative estimate of drug-likeness (QED) is 0.182. The molecule has 4 aromatic rings. The Hall–Kier alpha value is -5.76. The number of carbonyl (C=O) groups is 4. The second-order valence-corrected chi connectivity index (χ2v) is 13.3. The van der Waals surface area contributed by atoms with Crippen molar-refractivity contribution in [1.82, 2.24) is 0 Å². The number of anilines is 4. The van der Waals surface area contributed by atoms with E-state index in [4.69, 9.17) is 0 Å². The highest BCUT2D eigenvalue weighted by molar-refractivity contribution is 7.95. The Kier molecular flexibility index (Phi) is 10.4. The molecule has 262 valence electrons. The third kappa shape index (κ3) is 7.76. The van der Waals surface area contributed by atoms with Crippen LogP contribution in [0.4, 0.5) is 49.1 Å². The van der Waals surface area contributed by atoms with Crippen LogP contribution in [-0.4, -0.2) is 51.5 Å². The molecule has 0 aliphatic carbocycles. The van der Waals surface area contributed by atoms with E-state index in [1.54, 1.807) is 12.1 Å². The van der Waals surface area contributed by atoms with Gasteiger partial charge in [0.25, 0.3) is 11.8 Å². The summed E-state index contributed by atoms with van der Waals surface area (Å²) in [4.78, 5) is 51.3. The van der Waals surface area contributed by atoms with Crippen molar-refractivity contribution in [3.05, 3.63) is 120 Å². The monoisotopic (exact) mass is 742 g/mol. The van der Waals surface area contributed by atoms with Crippen LogP contribution in [0.2, 0.25) is 0 Å². The molecule has 20 heteroatoms. The Bertz CT molecular complexity index is 1980. The average molecular weight is 743 g/mol. The summed E-state index contributed by atoms with van der Waals surface area (Å²) in [7, 11) is -13.9. The zero-order valence-corrected chi connectivity index (χ0v) is 26.3. The minimum Gasteiger partial charge on any atom is -0.322 e. The normalized spacial score (nSPS) is 12.0. The number of nitrogens with one attached hydrogen (secondary N) is 2. The maximum absolute atomic E-state index is 13.8. The predicted octanol–water partition coefficient (Wildman–Crippen LogP) is 5.26. The van der Waals surface area contributed by atoms with Crippen LogP contribution in [0.15, 0.2) is 109 Å². The van der Waals surface area contributed by atoms with E-state index in [2.05, 4.69) is 10.6 Å². The van der Waals surface area contributed by atoms with Crippen LogP contribution in [0.1, 0.15) is 20.7 Å². The van der Waals surface area contributed by atoms with E-state index in [0.29, 0.717) is 24.3 Å². The van der Waals surface area contributed by atoms with Crippen LogP contribution >= 0.6 is 0 Å². The van der Waals surface area contributed by atoms with Crippen LogP contribution in [0.3, 0.4) is 0 Å². The summed E-state index contributed by atoms with van der Waals surface area (Å²) in [5.74, 6) is -7.19. The van der Waals surface area contributed by atoms with Gasteiger partial charge in [0.2, 0.25) is 0 Å². The molecule has 0 saturated carbocycles. The Morgan fingerprint density at radius 2 is 0.740 bits per heavy atom. The van der Waals surface area contributed by atoms with E-state index in [1.807, 2.05) is 0 Å². The van der Waals surface area contributed by atoms with Crippen molar-refractivity contribution in [3.63, 3.8) is 0 Å². The van der Waals surface area contributed by atoms with Crippen molar-refractivity contribution in [2.75, 3.05) is 19.2 Å². The summed E-state index contributed by atoms with van der Waals surface area (Å²) in [5.41, 5.74) is -15.3. The lowest BCUT2D eigenvalue weighted by Gasteiger charge is -2.27. The number of carbonyl (C=O) groups excluding carboxylic acids is 4. The zero-order valence-electron chi connectivity index (χ0n) is 24.6. The van der Waals surface area contributed by atoms with Crippen LogP contribution in [0.25, 0.3) is 0 Å². The Labute approximate surface area is 279 Å². The Balaban J connectivity index is 1.73. The lowest BCUT2D eigenvalue weighted by molar-refractivity contribution is -0.135. The number of rotatable bonds is 8. The minimum atomic E-state index is -6.93. The van der Waals surface area contributed by atoms with Crippen molar-refractivity contribution in [2.24, 2.45) is 0 Å². The lowest BCUT2D eigenvalue weighted by Crippen LogP contribution is -2.54. The number of amides is 4. The molecule has 0 radical (unpaired) electrons. The first-order chi connectivity index (χ1) is 23.3. The molecule has 0 heterocycles. The molecule has 0 bridgehead atoms. The van der Waals surface area contributed by atoms with Crippen molar-refractivity contribution in [3.8, 4) is 0 Å². The summed E-state index contributed by atoms with van der Waals surface area (Å²) >= 11 is 0. The van der Waals surface area contributed by atoms with Crippen LogP contribution in [0, 0.1) is 0 Å². The number of hydrogen-bond donors (Lipinski definition) is 2. The summed E-state index contributed by atoms with van der Waals surface area (Å²) in [6.45, 7) is 0. The fourth-order valence-corrected chi connectivity index (χ4v) is 5.86. The fraction of sp³-hybridized carbons (Fsp3) is 0.0667. The van der Waals surface area contributed by atoms with Crippen molar-refractivity contribution < 1.29 is 62.4 Å². The zero-order chi connectivity index (χ0) is 37.1. The number of hydrogen-bond acceptors (Lipinski definition) is 8. The third-order valence-corrected chi connectivity index (χ3v) is 9.29. The molecule has 0 aliphatic heterocycles. The lowest BCUT2D eigenvalue weighted by atomic mass is 10.2. The fourth-order valence-electron chi connectivity index (χ4n) is 4.06. The summed E-state index contributed by atoms with van der Waals surface area (Å²) in [6, 6.07) is 20.1. The molecule has 12 nitrogen and oxygen atoms in total. The molecule has 4 amide bonds. The van der Waals surface area contributed by atoms with Gasteiger partial charge in [-0.05, 0) is 72.8 Å². The van der Waals surface area contributed by atoms with Crippen LogP contribution in [0.5, 0.6) is 0 Å². The summed E-state index contributed by atoms with van der Waals surface area (Å²) in [6.07, 6.45) is 0. The second kappa shape index (κ2) is 14.0. The van der Waals surface area contributed by atoms with Crippen molar-refractivity contribution in [2.45, 2.75) is 11.0 Å². The van der Waals surface area contributed by atoms with Crippen LogP contribution < -0.4 is 19.2 Å². The van der Waals surface area contributed by atoms with Crippen LogP contribution in [-0.2, 0) is 29.6 Å². The molecular formula is C30H20F6N4O8S2. The van der Waals surface area contributed by atoms with E-state index < -0.39 is 74.7 Å². The number of halogens is 6. The van der Waals surface area contributed by atoms with Gasteiger partial charge in [0.15, 0.2) is 0 Å². The molecule has 50 heavy (non-hydrogen) atoms. The van der Waals surface area contributed by atoms with Gasteiger partial charge in [0.05, 0.1) is 11.4 Å². The molecule has 0 aromatic heterocycles. The number of benzene rings is 4. The summed E-state index contributed by atoms with van der Waals surface area (Å²) < 4.78 is 130. The van der Waals surface area contributed by atoms with Gasteiger partial charge in [-0.25, -0.2) is 0 Å². The third-order valence-electron chi connectivity index (χ3n) is 6.41. The first-order valence-corrected chi connectivity index (χ1v) is 16.4. The maximum atomic E-state index is 13.8. The highest BCUT2D eigenvalue weighted by atomic mass is 32.2. The largest absolute Gasteiger partial charge is 0.517 e. The average Bonchev–Trinajstić information content (AvgIpc) is 3.06.